The lowest BCUT2D eigenvalue weighted by atomic mass is 10.1. The van der Waals surface area contributed by atoms with Crippen molar-refractivity contribution in [3.05, 3.63) is 65.0 Å². The van der Waals surface area contributed by atoms with Crippen LogP contribution in [0, 0.1) is 19.7 Å². The SMILES string of the molecule is Cc1ccc(SC(CN)c2cccc(F)c2)c(C)c1. The van der Waals surface area contributed by atoms with Crippen LogP contribution >= 0.6 is 11.8 Å². The van der Waals surface area contributed by atoms with Crippen LogP contribution in [-0.4, -0.2) is 6.54 Å². The second kappa shape index (κ2) is 6.22. The van der Waals surface area contributed by atoms with E-state index >= 15 is 0 Å². The van der Waals surface area contributed by atoms with Crippen molar-refractivity contribution in [1.82, 2.24) is 0 Å². The maximum absolute atomic E-state index is 13.3. The number of thioether (sulfide) groups is 1. The van der Waals surface area contributed by atoms with Crippen molar-refractivity contribution < 1.29 is 4.39 Å². The molecule has 2 rings (SSSR count). The summed E-state index contributed by atoms with van der Waals surface area (Å²) in [6.45, 7) is 4.66. The van der Waals surface area contributed by atoms with E-state index in [-0.39, 0.29) is 11.1 Å². The van der Waals surface area contributed by atoms with Gasteiger partial charge in [-0.2, -0.15) is 0 Å². The summed E-state index contributed by atoms with van der Waals surface area (Å²) < 4.78 is 13.3. The highest BCUT2D eigenvalue weighted by Gasteiger charge is 2.13. The summed E-state index contributed by atoms with van der Waals surface area (Å²) in [7, 11) is 0. The monoisotopic (exact) mass is 275 g/mol. The summed E-state index contributed by atoms with van der Waals surface area (Å²) in [4.78, 5) is 1.20. The van der Waals surface area contributed by atoms with E-state index in [9.17, 15) is 4.39 Å². The van der Waals surface area contributed by atoms with Gasteiger partial charge in [0.1, 0.15) is 5.82 Å². The normalized spacial score (nSPS) is 12.4. The fourth-order valence-electron chi connectivity index (χ4n) is 2.04. The fraction of sp³-hybridized carbons (Fsp3) is 0.250. The minimum absolute atomic E-state index is 0.0807. The Kier molecular flexibility index (Phi) is 4.61. The smallest absolute Gasteiger partial charge is 0.123 e. The van der Waals surface area contributed by atoms with Gasteiger partial charge in [0.25, 0.3) is 0 Å². The van der Waals surface area contributed by atoms with Gasteiger partial charge >= 0.3 is 0 Å². The molecule has 0 spiro atoms. The highest BCUT2D eigenvalue weighted by Crippen LogP contribution is 2.36. The van der Waals surface area contributed by atoms with Crippen LogP contribution < -0.4 is 5.73 Å². The third-order valence-electron chi connectivity index (χ3n) is 3.03. The van der Waals surface area contributed by atoms with Crippen LogP contribution in [0.4, 0.5) is 4.39 Å². The van der Waals surface area contributed by atoms with E-state index in [0.717, 1.165) is 5.56 Å². The molecule has 1 nitrogen and oxygen atoms in total. The van der Waals surface area contributed by atoms with Crippen LogP contribution in [0.15, 0.2) is 47.4 Å². The number of nitrogens with two attached hydrogens (primary N) is 1. The first-order chi connectivity index (χ1) is 9.10. The lowest BCUT2D eigenvalue weighted by molar-refractivity contribution is 0.625. The highest BCUT2D eigenvalue weighted by molar-refractivity contribution is 7.99. The molecule has 0 bridgehead atoms. The maximum Gasteiger partial charge on any atom is 0.123 e. The van der Waals surface area contributed by atoms with Crippen molar-refractivity contribution in [2.45, 2.75) is 24.0 Å². The Labute approximate surface area is 118 Å². The Hall–Kier alpha value is -1.32. The lowest BCUT2D eigenvalue weighted by Gasteiger charge is -2.16. The molecule has 0 aliphatic heterocycles. The van der Waals surface area contributed by atoms with E-state index in [1.807, 2.05) is 6.07 Å². The molecule has 0 heterocycles. The van der Waals surface area contributed by atoms with Crippen molar-refractivity contribution in [2.75, 3.05) is 6.54 Å². The summed E-state index contributed by atoms with van der Waals surface area (Å²) in [5.74, 6) is -0.211. The molecule has 2 aromatic rings. The van der Waals surface area contributed by atoms with Crippen LogP contribution in [0.2, 0.25) is 0 Å². The number of hydrogen-bond donors (Lipinski definition) is 1. The Morgan fingerprint density at radius 1 is 1.16 bits per heavy atom. The summed E-state index contributed by atoms with van der Waals surface area (Å²) >= 11 is 1.69. The summed E-state index contributed by atoms with van der Waals surface area (Å²) in [6, 6.07) is 13.0. The zero-order valence-corrected chi connectivity index (χ0v) is 12.0. The van der Waals surface area contributed by atoms with E-state index in [0.29, 0.717) is 6.54 Å². The summed E-state index contributed by atoms with van der Waals surface area (Å²) in [5, 5.41) is 0.0807. The van der Waals surface area contributed by atoms with Gasteiger partial charge in [-0.15, -0.1) is 11.8 Å². The third-order valence-corrected chi connectivity index (χ3v) is 4.50. The first-order valence-corrected chi connectivity index (χ1v) is 7.17. The van der Waals surface area contributed by atoms with E-state index in [2.05, 4.69) is 32.0 Å². The van der Waals surface area contributed by atoms with Crippen LogP contribution in [0.3, 0.4) is 0 Å². The number of rotatable bonds is 4. The molecule has 0 fully saturated rings. The molecule has 2 N–H and O–H groups in total. The van der Waals surface area contributed by atoms with Crippen molar-refractivity contribution in [1.29, 1.82) is 0 Å². The third kappa shape index (κ3) is 3.58. The molecule has 100 valence electrons. The van der Waals surface area contributed by atoms with Gasteiger partial charge in [0.05, 0.1) is 0 Å². The van der Waals surface area contributed by atoms with Crippen LogP contribution in [0.25, 0.3) is 0 Å². The molecule has 0 aromatic heterocycles. The first kappa shape index (κ1) is 14.1. The molecule has 0 aliphatic rings. The molecule has 2 aromatic carbocycles. The molecular formula is C16H18FNS. The lowest BCUT2D eigenvalue weighted by Crippen LogP contribution is -2.09. The topological polar surface area (TPSA) is 26.0 Å². The first-order valence-electron chi connectivity index (χ1n) is 6.29. The van der Waals surface area contributed by atoms with Crippen molar-refractivity contribution in [3.8, 4) is 0 Å². The predicted octanol–water partition coefficient (Wildman–Crippen LogP) is 4.23. The molecule has 0 aliphatic carbocycles. The standard InChI is InChI=1S/C16H18FNS/c1-11-6-7-15(12(2)8-11)19-16(10-18)13-4-3-5-14(17)9-13/h3-9,16H,10,18H2,1-2H3. The Balaban J connectivity index is 2.24. The summed E-state index contributed by atoms with van der Waals surface area (Å²) in [5.41, 5.74) is 9.26. The second-order valence-electron chi connectivity index (χ2n) is 4.67. The number of halogens is 1. The number of hydrogen-bond acceptors (Lipinski definition) is 2. The molecule has 0 saturated carbocycles. The Morgan fingerprint density at radius 3 is 2.58 bits per heavy atom. The van der Waals surface area contributed by atoms with Crippen molar-refractivity contribution in [2.24, 2.45) is 5.73 Å². The van der Waals surface area contributed by atoms with E-state index < -0.39 is 0 Å². The quantitative estimate of drug-likeness (QED) is 0.845. The van der Waals surface area contributed by atoms with Gasteiger partial charge in [-0.1, -0.05) is 29.8 Å². The average Bonchev–Trinajstić information content (AvgIpc) is 2.38. The molecule has 19 heavy (non-hydrogen) atoms. The van der Waals surface area contributed by atoms with Gasteiger partial charge < -0.3 is 5.73 Å². The van der Waals surface area contributed by atoms with Gasteiger partial charge in [0, 0.05) is 16.7 Å². The van der Waals surface area contributed by atoms with E-state index in [4.69, 9.17) is 5.73 Å². The molecule has 0 saturated heterocycles. The highest BCUT2D eigenvalue weighted by atomic mass is 32.2. The molecular weight excluding hydrogens is 257 g/mol. The van der Waals surface area contributed by atoms with Crippen molar-refractivity contribution in [3.63, 3.8) is 0 Å². The van der Waals surface area contributed by atoms with E-state index in [1.54, 1.807) is 23.9 Å². The van der Waals surface area contributed by atoms with Gasteiger partial charge in [-0.3, -0.25) is 0 Å². The molecule has 0 radical (unpaired) electrons. The van der Waals surface area contributed by atoms with Gasteiger partial charge in [-0.05, 0) is 43.2 Å². The summed E-state index contributed by atoms with van der Waals surface area (Å²) in [6.07, 6.45) is 0. The molecule has 0 amide bonds. The van der Waals surface area contributed by atoms with Crippen LogP contribution in [-0.2, 0) is 0 Å². The molecule has 3 heteroatoms. The molecule has 1 unspecified atom stereocenters. The zero-order valence-electron chi connectivity index (χ0n) is 11.2. The largest absolute Gasteiger partial charge is 0.329 e. The fourth-order valence-corrected chi connectivity index (χ4v) is 3.12. The van der Waals surface area contributed by atoms with Crippen molar-refractivity contribution >= 4 is 11.8 Å². The van der Waals surface area contributed by atoms with Gasteiger partial charge in [0.2, 0.25) is 0 Å². The predicted molar refractivity (Wildman–Crippen MR) is 80.0 cm³/mol. The number of benzene rings is 2. The Bertz CT molecular complexity index is 568. The van der Waals surface area contributed by atoms with Crippen LogP contribution in [0.5, 0.6) is 0 Å². The van der Waals surface area contributed by atoms with Gasteiger partial charge in [0.15, 0.2) is 0 Å². The minimum atomic E-state index is -0.211. The average molecular weight is 275 g/mol. The Morgan fingerprint density at radius 2 is 1.95 bits per heavy atom. The van der Waals surface area contributed by atoms with Gasteiger partial charge in [-0.25, -0.2) is 4.39 Å². The maximum atomic E-state index is 13.3. The minimum Gasteiger partial charge on any atom is -0.329 e. The number of aryl methyl sites for hydroxylation is 2. The second-order valence-corrected chi connectivity index (χ2v) is 5.91. The van der Waals surface area contributed by atoms with Crippen LogP contribution in [0.1, 0.15) is 21.9 Å². The molecule has 1 atom stereocenters. The zero-order chi connectivity index (χ0) is 13.8. The van der Waals surface area contributed by atoms with E-state index in [1.165, 1.54) is 22.1 Å².